The van der Waals surface area contributed by atoms with E-state index in [-0.39, 0.29) is 4.90 Å². The van der Waals surface area contributed by atoms with Crippen molar-refractivity contribution < 1.29 is 22.7 Å². The fraction of sp³-hybridized carbons (Fsp3) is 0.300. The molecule has 0 unspecified atom stereocenters. The van der Waals surface area contributed by atoms with Gasteiger partial charge in [0.1, 0.15) is 6.54 Å². The summed E-state index contributed by atoms with van der Waals surface area (Å²) < 4.78 is 31.5. The van der Waals surface area contributed by atoms with Gasteiger partial charge in [0.15, 0.2) is 6.61 Å². The molecular weight excluding hydrogens is 380 g/mol. The highest BCUT2D eigenvalue weighted by molar-refractivity contribution is 7.89. The monoisotopic (exact) mass is 404 g/mol. The highest BCUT2D eigenvalue weighted by atomic mass is 32.2. The van der Waals surface area contributed by atoms with Crippen LogP contribution in [-0.2, 0) is 24.3 Å². The first kappa shape index (κ1) is 21.6. The maximum absolute atomic E-state index is 12.3. The van der Waals surface area contributed by atoms with Crippen molar-refractivity contribution in [2.45, 2.75) is 32.6 Å². The zero-order valence-corrected chi connectivity index (χ0v) is 17.1. The van der Waals surface area contributed by atoms with Gasteiger partial charge in [-0.2, -0.15) is 4.72 Å². The van der Waals surface area contributed by atoms with Crippen LogP contribution >= 0.6 is 0 Å². The number of esters is 1. The number of hydrogen-bond acceptors (Lipinski definition) is 5. The first-order chi connectivity index (χ1) is 13.1. The smallest absolute Gasteiger partial charge is 0.321 e. The molecule has 0 spiro atoms. The Hall–Kier alpha value is -2.71. The van der Waals surface area contributed by atoms with E-state index in [1.165, 1.54) is 12.1 Å². The van der Waals surface area contributed by atoms with E-state index in [0.717, 1.165) is 22.3 Å². The van der Waals surface area contributed by atoms with Gasteiger partial charge in [0.25, 0.3) is 5.91 Å². The van der Waals surface area contributed by atoms with Crippen molar-refractivity contribution in [3.05, 3.63) is 58.7 Å². The van der Waals surface area contributed by atoms with Crippen LogP contribution in [0.25, 0.3) is 0 Å². The molecule has 2 aromatic rings. The second kappa shape index (κ2) is 8.99. The van der Waals surface area contributed by atoms with E-state index in [0.29, 0.717) is 5.69 Å². The van der Waals surface area contributed by atoms with Crippen LogP contribution in [0.1, 0.15) is 22.3 Å². The second-order valence-electron chi connectivity index (χ2n) is 6.60. The van der Waals surface area contributed by atoms with Gasteiger partial charge < -0.3 is 10.1 Å². The van der Waals surface area contributed by atoms with Crippen molar-refractivity contribution >= 4 is 27.6 Å². The number of amides is 1. The van der Waals surface area contributed by atoms with Gasteiger partial charge in [0, 0.05) is 5.69 Å². The van der Waals surface area contributed by atoms with Crippen molar-refractivity contribution in [3.8, 4) is 0 Å². The molecular formula is C20H24N2O5S. The van der Waals surface area contributed by atoms with Crippen molar-refractivity contribution in [2.24, 2.45) is 0 Å². The summed E-state index contributed by atoms with van der Waals surface area (Å²) in [6.07, 6.45) is 0. The maximum Gasteiger partial charge on any atom is 0.321 e. The number of anilines is 1. The third-order valence-corrected chi connectivity index (χ3v) is 5.63. The molecule has 0 aliphatic heterocycles. The molecule has 1 amide bonds. The standard InChI is InChI=1S/C20H24N2O5S/c1-13-5-6-15(3)18(9-13)22-19(23)12-27-20(24)11-21-28(25,26)17-8-7-14(2)16(4)10-17/h5-10,21H,11-12H2,1-4H3,(H,22,23). The third-order valence-electron chi connectivity index (χ3n) is 4.23. The Bertz CT molecular complexity index is 1000. The predicted octanol–water partition coefficient (Wildman–Crippen LogP) is 2.38. The topological polar surface area (TPSA) is 102 Å². The molecule has 2 N–H and O–H groups in total. The largest absolute Gasteiger partial charge is 0.455 e. The second-order valence-corrected chi connectivity index (χ2v) is 8.36. The van der Waals surface area contributed by atoms with Crippen molar-refractivity contribution in [1.29, 1.82) is 0 Å². The van der Waals surface area contributed by atoms with Crippen LogP contribution in [0.3, 0.4) is 0 Å². The fourth-order valence-electron chi connectivity index (χ4n) is 2.37. The molecule has 0 heterocycles. The number of aryl methyl sites for hydroxylation is 4. The molecule has 2 rings (SSSR count). The van der Waals surface area contributed by atoms with Crippen molar-refractivity contribution in [2.75, 3.05) is 18.5 Å². The van der Waals surface area contributed by atoms with E-state index in [2.05, 4.69) is 10.0 Å². The number of carbonyl (C=O) groups is 2. The number of rotatable bonds is 7. The van der Waals surface area contributed by atoms with Crippen LogP contribution in [0.2, 0.25) is 0 Å². The lowest BCUT2D eigenvalue weighted by Crippen LogP contribution is -2.32. The Kier molecular flexibility index (Phi) is 6.93. The average molecular weight is 404 g/mol. The number of hydrogen-bond donors (Lipinski definition) is 2. The predicted molar refractivity (Wildman–Crippen MR) is 107 cm³/mol. The Morgan fingerprint density at radius 1 is 0.929 bits per heavy atom. The van der Waals surface area contributed by atoms with Gasteiger partial charge in [0.2, 0.25) is 10.0 Å². The van der Waals surface area contributed by atoms with Gasteiger partial charge in [-0.1, -0.05) is 18.2 Å². The number of ether oxygens (including phenoxy) is 1. The quantitative estimate of drug-likeness (QED) is 0.690. The molecule has 28 heavy (non-hydrogen) atoms. The summed E-state index contributed by atoms with van der Waals surface area (Å²) in [4.78, 5) is 23.8. The Balaban J connectivity index is 1.85. The summed E-state index contributed by atoms with van der Waals surface area (Å²) in [5, 5.41) is 2.66. The van der Waals surface area contributed by atoms with E-state index in [1.807, 2.05) is 39.0 Å². The molecule has 8 heteroatoms. The highest BCUT2D eigenvalue weighted by Gasteiger charge is 2.17. The zero-order valence-electron chi connectivity index (χ0n) is 16.3. The molecule has 0 bridgehead atoms. The summed E-state index contributed by atoms with van der Waals surface area (Å²) in [5.41, 5.74) is 4.29. The summed E-state index contributed by atoms with van der Waals surface area (Å²) in [5.74, 6) is -1.34. The molecule has 0 saturated carbocycles. The van der Waals surface area contributed by atoms with E-state index in [4.69, 9.17) is 4.74 Å². The maximum atomic E-state index is 12.3. The lowest BCUT2D eigenvalue weighted by atomic mass is 10.1. The lowest BCUT2D eigenvalue weighted by Gasteiger charge is -2.11. The van der Waals surface area contributed by atoms with Gasteiger partial charge in [0.05, 0.1) is 4.90 Å². The van der Waals surface area contributed by atoms with Crippen LogP contribution in [0.4, 0.5) is 5.69 Å². The lowest BCUT2D eigenvalue weighted by molar-refractivity contribution is -0.146. The van der Waals surface area contributed by atoms with Crippen LogP contribution in [0, 0.1) is 27.7 Å². The number of carbonyl (C=O) groups excluding carboxylic acids is 2. The molecule has 0 saturated heterocycles. The minimum absolute atomic E-state index is 0.0658. The molecule has 0 atom stereocenters. The fourth-order valence-corrected chi connectivity index (χ4v) is 3.43. The van der Waals surface area contributed by atoms with E-state index in [9.17, 15) is 18.0 Å². The first-order valence-corrected chi connectivity index (χ1v) is 10.2. The van der Waals surface area contributed by atoms with Crippen molar-refractivity contribution in [3.63, 3.8) is 0 Å². The normalized spacial score (nSPS) is 11.1. The number of benzene rings is 2. The van der Waals surface area contributed by atoms with Crippen LogP contribution in [-0.4, -0.2) is 33.4 Å². The SMILES string of the molecule is Cc1ccc(C)c(NC(=O)COC(=O)CNS(=O)(=O)c2ccc(C)c(C)c2)c1. The van der Waals surface area contributed by atoms with Crippen LogP contribution < -0.4 is 10.0 Å². The minimum Gasteiger partial charge on any atom is -0.455 e. The number of sulfonamides is 1. The van der Waals surface area contributed by atoms with E-state index in [1.54, 1.807) is 13.0 Å². The third kappa shape index (κ3) is 5.90. The highest BCUT2D eigenvalue weighted by Crippen LogP contribution is 2.16. The summed E-state index contributed by atoms with van der Waals surface area (Å²) in [7, 11) is -3.84. The minimum atomic E-state index is -3.84. The Morgan fingerprint density at radius 3 is 2.29 bits per heavy atom. The molecule has 150 valence electrons. The molecule has 0 aliphatic carbocycles. The molecule has 2 aromatic carbocycles. The summed E-state index contributed by atoms with van der Waals surface area (Å²) in [6, 6.07) is 10.3. The van der Waals surface area contributed by atoms with Gasteiger partial charge in [-0.3, -0.25) is 9.59 Å². The summed E-state index contributed by atoms with van der Waals surface area (Å²) >= 11 is 0. The van der Waals surface area contributed by atoms with Gasteiger partial charge in [-0.15, -0.1) is 0 Å². The number of nitrogens with one attached hydrogen (secondary N) is 2. The molecule has 0 fully saturated rings. The molecule has 0 radical (unpaired) electrons. The molecule has 0 aliphatic rings. The van der Waals surface area contributed by atoms with Gasteiger partial charge in [-0.05, 0) is 68.1 Å². The van der Waals surface area contributed by atoms with Crippen molar-refractivity contribution in [1.82, 2.24) is 4.72 Å². The van der Waals surface area contributed by atoms with E-state index >= 15 is 0 Å². The van der Waals surface area contributed by atoms with Crippen LogP contribution in [0.15, 0.2) is 41.3 Å². The summed E-state index contributed by atoms with van der Waals surface area (Å²) in [6.45, 7) is 6.36. The Labute approximate surface area is 165 Å². The first-order valence-electron chi connectivity index (χ1n) is 8.68. The molecule has 7 nitrogen and oxygen atoms in total. The van der Waals surface area contributed by atoms with Crippen LogP contribution in [0.5, 0.6) is 0 Å². The molecule has 0 aromatic heterocycles. The zero-order chi connectivity index (χ0) is 20.9. The van der Waals surface area contributed by atoms with Gasteiger partial charge in [-0.25, -0.2) is 8.42 Å². The van der Waals surface area contributed by atoms with E-state index < -0.39 is 35.1 Å². The Morgan fingerprint density at radius 2 is 1.61 bits per heavy atom. The average Bonchev–Trinajstić information content (AvgIpc) is 2.63. The van der Waals surface area contributed by atoms with Gasteiger partial charge >= 0.3 is 5.97 Å².